The van der Waals surface area contributed by atoms with Gasteiger partial charge < -0.3 is 24.7 Å². The molecule has 2 N–H and O–H groups in total. The number of primary amides is 1. The van der Waals surface area contributed by atoms with Gasteiger partial charge in [0, 0.05) is 25.1 Å². The van der Waals surface area contributed by atoms with Crippen LogP contribution in [0.25, 0.3) is 10.9 Å². The highest BCUT2D eigenvalue weighted by molar-refractivity contribution is 6.00. The highest BCUT2D eigenvalue weighted by Crippen LogP contribution is 2.30. The number of fused-ring (bicyclic) bond motifs is 1. The van der Waals surface area contributed by atoms with Crippen molar-refractivity contribution in [1.82, 2.24) is 9.78 Å². The van der Waals surface area contributed by atoms with Gasteiger partial charge in [-0.1, -0.05) is 0 Å². The molecule has 0 spiro atoms. The molecule has 8 heteroatoms. The van der Waals surface area contributed by atoms with Crippen LogP contribution in [0.15, 0.2) is 42.6 Å². The van der Waals surface area contributed by atoms with Gasteiger partial charge >= 0.3 is 0 Å². The van der Waals surface area contributed by atoms with Crippen LogP contribution in [0.2, 0.25) is 0 Å². The third-order valence-electron chi connectivity index (χ3n) is 5.31. The molecule has 1 aliphatic rings. The molecule has 2 unspecified atom stereocenters. The first-order valence-electron chi connectivity index (χ1n) is 10.4. The van der Waals surface area contributed by atoms with E-state index in [9.17, 15) is 4.79 Å². The van der Waals surface area contributed by atoms with E-state index >= 15 is 0 Å². The zero-order valence-corrected chi connectivity index (χ0v) is 17.7. The minimum absolute atomic E-state index is 0.236. The van der Waals surface area contributed by atoms with Crippen molar-refractivity contribution in [2.24, 2.45) is 12.8 Å². The van der Waals surface area contributed by atoms with E-state index in [1.807, 2.05) is 19.2 Å². The summed E-state index contributed by atoms with van der Waals surface area (Å²) < 4.78 is 24.8. The third-order valence-corrected chi connectivity index (χ3v) is 5.31. The summed E-state index contributed by atoms with van der Waals surface area (Å²) in [5.74, 6) is 1.12. The van der Waals surface area contributed by atoms with Crippen molar-refractivity contribution < 1.29 is 23.7 Å². The largest absolute Gasteiger partial charge is 0.491 e. The standard InChI is InChI=1S/C23H27N3O5/c1-15-11-19(7-8-28-15)30-10-9-29-17-3-5-18(6-4-17)31-22-13-21-16(14-25-26(21)2)12-20(22)23(24)27/h3-6,12-15,19H,7-11H2,1-2H3,(H2,24,27). The lowest BCUT2D eigenvalue weighted by Gasteiger charge is -2.27. The van der Waals surface area contributed by atoms with Crippen LogP contribution in [-0.2, 0) is 16.5 Å². The first kappa shape index (κ1) is 21.1. The molecule has 1 aromatic heterocycles. The Labute approximate surface area is 180 Å². The van der Waals surface area contributed by atoms with Gasteiger partial charge in [-0.2, -0.15) is 5.10 Å². The zero-order valence-electron chi connectivity index (χ0n) is 17.7. The molecule has 1 fully saturated rings. The molecule has 0 aliphatic carbocycles. The second-order valence-corrected chi connectivity index (χ2v) is 7.66. The van der Waals surface area contributed by atoms with Crippen molar-refractivity contribution >= 4 is 16.8 Å². The fraction of sp³-hybridized carbons (Fsp3) is 0.391. The number of ether oxygens (including phenoxy) is 4. The van der Waals surface area contributed by atoms with Crippen molar-refractivity contribution in [2.45, 2.75) is 32.0 Å². The van der Waals surface area contributed by atoms with Crippen molar-refractivity contribution in [3.63, 3.8) is 0 Å². The molecule has 2 atom stereocenters. The number of aryl methyl sites for hydroxylation is 1. The molecule has 164 valence electrons. The highest BCUT2D eigenvalue weighted by atomic mass is 16.5. The SMILES string of the molecule is CC1CC(OCCOc2ccc(Oc3cc4c(cnn4C)cc3C(N)=O)cc2)CCO1. The van der Waals surface area contributed by atoms with E-state index in [0.29, 0.717) is 36.0 Å². The normalized spacial score (nSPS) is 18.8. The van der Waals surface area contributed by atoms with Gasteiger partial charge in [0.2, 0.25) is 0 Å². The number of nitrogens with zero attached hydrogens (tertiary/aromatic N) is 2. The van der Waals surface area contributed by atoms with Gasteiger partial charge in [-0.15, -0.1) is 0 Å². The number of aromatic nitrogens is 2. The van der Waals surface area contributed by atoms with E-state index in [4.69, 9.17) is 24.7 Å². The molecule has 31 heavy (non-hydrogen) atoms. The average molecular weight is 425 g/mol. The lowest BCUT2D eigenvalue weighted by Crippen LogP contribution is -2.30. The maximum atomic E-state index is 11.9. The summed E-state index contributed by atoms with van der Waals surface area (Å²) >= 11 is 0. The maximum absolute atomic E-state index is 11.9. The first-order valence-corrected chi connectivity index (χ1v) is 10.4. The summed E-state index contributed by atoms with van der Waals surface area (Å²) in [6, 6.07) is 10.7. The topological polar surface area (TPSA) is 97.8 Å². The quantitative estimate of drug-likeness (QED) is 0.555. The number of amides is 1. The predicted octanol–water partition coefficient (Wildman–Crippen LogP) is 3.43. The number of carbonyl (C=O) groups is 1. The van der Waals surface area contributed by atoms with Crippen LogP contribution in [0.3, 0.4) is 0 Å². The fourth-order valence-corrected chi connectivity index (χ4v) is 3.67. The summed E-state index contributed by atoms with van der Waals surface area (Å²) in [5.41, 5.74) is 6.69. The summed E-state index contributed by atoms with van der Waals surface area (Å²) in [5, 5.41) is 5.02. The fourth-order valence-electron chi connectivity index (χ4n) is 3.67. The number of rotatable bonds is 8. The van der Waals surface area contributed by atoms with E-state index in [0.717, 1.165) is 30.4 Å². The Balaban J connectivity index is 1.35. The Bertz CT molecular complexity index is 1050. The van der Waals surface area contributed by atoms with E-state index in [2.05, 4.69) is 12.0 Å². The maximum Gasteiger partial charge on any atom is 0.252 e. The van der Waals surface area contributed by atoms with Crippen molar-refractivity contribution in [3.8, 4) is 17.2 Å². The van der Waals surface area contributed by atoms with Crippen LogP contribution in [0.5, 0.6) is 17.2 Å². The molecule has 1 aliphatic heterocycles. The minimum atomic E-state index is -0.556. The molecule has 0 bridgehead atoms. The molecular formula is C23H27N3O5. The lowest BCUT2D eigenvalue weighted by molar-refractivity contribution is -0.0700. The summed E-state index contributed by atoms with van der Waals surface area (Å²) in [7, 11) is 1.83. The Morgan fingerprint density at radius 1 is 1.23 bits per heavy atom. The van der Waals surface area contributed by atoms with Crippen LogP contribution >= 0.6 is 0 Å². The van der Waals surface area contributed by atoms with Gasteiger partial charge in [0.25, 0.3) is 5.91 Å². The van der Waals surface area contributed by atoms with Crippen LogP contribution in [-0.4, -0.2) is 47.7 Å². The molecule has 0 saturated carbocycles. The molecule has 1 saturated heterocycles. The molecule has 4 rings (SSSR count). The van der Waals surface area contributed by atoms with Crippen LogP contribution in [0.4, 0.5) is 0 Å². The first-order chi connectivity index (χ1) is 15.0. The highest BCUT2D eigenvalue weighted by Gasteiger charge is 2.19. The van der Waals surface area contributed by atoms with Crippen molar-refractivity contribution in [1.29, 1.82) is 0 Å². The molecule has 2 aromatic carbocycles. The van der Waals surface area contributed by atoms with Gasteiger partial charge in [-0.25, -0.2) is 0 Å². The Morgan fingerprint density at radius 2 is 2.00 bits per heavy atom. The van der Waals surface area contributed by atoms with Gasteiger partial charge in [-0.3, -0.25) is 9.48 Å². The number of hydrogen-bond donors (Lipinski definition) is 1. The zero-order chi connectivity index (χ0) is 21.8. The van der Waals surface area contributed by atoms with Gasteiger partial charge in [-0.05, 0) is 50.1 Å². The minimum Gasteiger partial charge on any atom is -0.491 e. The molecule has 3 aromatic rings. The van der Waals surface area contributed by atoms with Crippen molar-refractivity contribution in [3.05, 3.63) is 48.2 Å². The van der Waals surface area contributed by atoms with Crippen LogP contribution in [0.1, 0.15) is 30.1 Å². The van der Waals surface area contributed by atoms with E-state index < -0.39 is 5.91 Å². The monoisotopic (exact) mass is 425 g/mol. The summed E-state index contributed by atoms with van der Waals surface area (Å²) in [6.45, 7) is 3.81. The van der Waals surface area contributed by atoms with Crippen molar-refractivity contribution in [2.75, 3.05) is 19.8 Å². The number of nitrogens with two attached hydrogens (primary N) is 1. The number of hydrogen-bond acceptors (Lipinski definition) is 6. The Morgan fingerprint density at radius 3 is 2.74 bits per heavy atom. The van der Waals surface area contributed by atoms with E-state index in [-0.39, 0.29) is 12.2 Å². The van der Waals surface area contributed by atoms with E-state index in [1.165, 1.54) is 0 Å². The molecule has 8 nitrogen and oxygen atoms in total. The lowest BCUT2D eigenvalue weighted by atomic mass is 10.1. The Hall–Kier alpha value is -3.10. The Kier molecular flexibility index (Phi) is 6.39. The van der Waals surface area contributed by atoms with Gasteiger partial charge in [0.15, 0.2) is 0 Å². The van der Waals surface area contributed by atoms with Crippen LogP contribution in [0, 0.1) is 0 Å². The molecular weight excluding hydrogens is 398 g/mol. The van der Waals surface area contributed by atoms with E-state index in [1.54, 1.807) is 35.1 Å². The van der Waals surface area contributed by atoms with Crippen LogP contribution < -0.4 is 15.2 Å². The molecule has 2 heterocycles. The predicted molar refractivity (Wildman–Crippen MR) is 116 cm³/mol. The third kappa shape index (κ3) is 5.15. The summed E-state index contributed by atoms with van der Waals surface area (Å²) in [6.07, 6.45) is 4.02. The average Bonchev–Trinajstić information content (AvgIpc) is 3.12. The smallest absolute Gasteiger partial charge is 0.252 e. The second kappa shape index (κ2) is 9.36. The number of carbonyl (C=O) groups excluding carboxylic acids is 1. The number of benzene rings is 2. The van der Waals surface area contributed by atoms with Gasteiger partial charge in [0.05, 0.1) is 36.1 Å². The molecule has 1 amide bonds. The summed E-state index contributed by atoms with van der Waals surface area (Å²) in [4.78, 5) is 11.9. The molecule has 0 radical (unpaired) electrons. The van der Waals surface area contributed by atoms with Gasteiger partial charge in [0.1, 0.15) is 23.9 Å². The second-order valence-electron chi connectivity index (χ2n) is 7.66.